The number of hydrogen-bond donors (Lipinski definition) is 1. The van der Waals surface area contributed by atoms with Crippen molar-refractivity contribution < 1.29 is 45.8 Å². The zero-order valence-electron chi connectivity index (χ0n) is 25.6. The molecule has 1 N–H and O–H groups in total. The van der Waals surface area contributed by atoms with Crippen LogP contribution < -0.4 is 4.90 Å². The molecule has 0 spiro atoms. The van der Waals surface area contributed by atoms with Gasteiger partial charge in [0.15, 0.2) is 0 Å². The van der Waals surface area contributed by atoms with E-state index in [1.54, 1.807) is 12.3 Å². The maximum Gasteiger partial charge on any atom is 0.416 e. The van der Waals surface area contributed by atoms with Crippen LogP contribution in [0.15, 0.2) is 42.6 Å². The fourth-order valence-corrected chi connectivity index (χ4v) is 6.78. The van der Waals surface area contributed by atoms with Crippen molar-refractivity contribution >= 4 is 29.6 Å². The lowest BCUT2D eigenvalue weighted by Crippen LogP contribution is -2.39. The molecule has 1 aromatic heterocycles. The highest BCUT2D eigenvalue weighted by Crippen LogP contribution is 2.43. The number of rotatable bonds is 7. The summed E-state index contributed by atoms with van der Waals surface area (Å²) in [6.45, 7) is 2.73. The van der Waals surface area contributed by atoms with Gasteiger partial charge in [0.25, 0.3) is 0 Å². The number of benzene rings is 2. The largest absolute Gasteiger partial charge is 0.481 e. The quantitative estimate of drug-likeness (QED) is 0.248. The second-order valence-corrected chi connectivity index (χ2v) is 12.9. The molecule has 15 heteroatoms. The number of halogens is 7. The predicted molar refractivity (Wildman–Crippen MR) is 162 cm³/mol. The van der Waals surface area contributed by atoms with E-state index in [-0.39, 0.29) is 24.4 Å². The zero-order valence-corrected chi connectivity index (χ0v) is 26.4. The Kier molecular flexibility index (Phi) is 8.98. The summed E-state index contributed by atoms with van der Waals surface area (Å²) in [5.41, 5.74) is -1.05. The van der Waals surface area contributed by atoms with Crippen LogP contribution in [0.3, 0.4) is 0 Å². The van der Waals surface area contributed by atoms with E-state index in [2.05, 4.69) is 4.98 Å². The lowest BCUT2D eigenvalue weighted by molar-refractivity contribution is -0.144. The number of carboxylic acids is 1. The van der Waals surface area contributed by atoms with E-state index in [0.29, 0.717) is 65.6 Å². The zero-order chi connectivity index (χ0) is 34.5. The monoisotopic (exact) mass is 696 g/mol. The van der Waals surface area contributed by atoms with Crippen LogP contribution in [0.1, 0.15) is 79.0 Å². The number of aromatic nitrogens is 2. The molecule has 2 atom stereocenters. The molecule has 3 heterocycles. The summed E-state index contributed by atoms with van der Waals surface area (Å²) < 4.78 is 87.0. The third-order valence-electron chi connectivity index (χ3n) is 9.47. The van der Waals surface area contributed by atoms with E-state index in [9.17, 15) is 41.0 Å². The summed E-state index contributed by atoms with van der Waals surface area (Å²) >= 11 is 6.69. The molecule has 2 saturated heterocycles. The maximum absolute atomic E-state index is 13.6. The summed E-state index contributed by atoms with van der Waals surface area (Å²) in [6, 6.07) is 5.72. The number of carbonyl (C=O) groups excluding carboxylic acids is 1. The summed E-state index contributed by atoms with van der Waals surface area (Å²) in [6.07, 6.45) is -7.49. The van der Waals surface area contributed by atoms with Crippen molar-refractivity contribution in [2.45, 2.75) is 76.0 Å². The van der Waals surface area contributed by atoms with E-state index < -0.39 is 53.3 Å². The van der Waals surface area contributed by atoms with Gasteiger partial charge in [-0.05, 0) is 86.4 Å². The van der Waals surface area contributed by atoms with Crippen LogP contribution >= 0.6 is 11.6 Å². The average Bonchev–Trinajstić information content (AvgIpc) is 3.28. The molecule has 8 nitrogen and oxygen atoms in total. The Morgan fingerprint density at radius 3 is 2.17 bits per heavy atom. The molecule has 3 aliphatic rings. The Morgan fingerprint density at radius 1 is 0.958 bits per heavy atom. The van der Waals surface area contributed by atoms with Gasteiger partial charge in [-0.15, -0.1) is 0 Å². The standard InChI is InChI=1S/C33H31ClF6N4O4/c1-17-28(21-11-22(32(35,36)37)14-23(12-21)33(38,39)40)48-31(47)44(17)16-27-25(15-41-30(42-27)43-9-2-10-43)24-13-20(7-8-26(24)34)18-3-5-19(6-4-18)29(45)46/h7-8,11-15,17-19,28H,2-6,9-10,16H2,1H3,(H,45,46)/t17-,18-,19-,28-/m0/s1. The van der Waals surface area contributed by atoms with Crippen molar-refractivity contribution in [1.82, 2.24) is 14.9 Å². The lowest BCUT2D eigenvalue weighted by Gasteiger charge is -2.31. The SMILES string of the molecule is C[C@H]1[C@@H](c2cc(C(F)(F)F)cc(C(F)(F)F)c2)OC(=O)N1Cc1nc(N2CCC2)ncc1-c1cc([C@H]2CC[C@H](C(=O)O)CC2)ccc1Cl. The van der Waals surface area contributed by atoms with Gasteiger partial charge in [0.2, 0.25) is 5.95 Å². The number of anilines is 1. The summed E-state index contributed by atoms with van der Waals surface area (Å²) in [5, 5.41) is 9.77. The minimum absolute atomic E-state index is 0.0306. The number of alkyl halides is 6. The van der Waals surface area contributed by atoms with E-state index in [1.807, 2.05) is 17.0 Å². The fraction of sp³-hybridized carbons (Fsp3) is 0.455. The first-order chi connectivity index (χ1) is 22.6. The highest BCUT2D eigenvalue weighted by molar-refractivity contribution is 6.33. The van der Waals surface area contributed by atoms with E-state index in [4.69, 9.17) is 21.3 Å². The van der Waals surface area contributed by atoms with Crippen molar-refractivity contribution in [1.29, 1.82) is 0 Å². The number of nitrogens with zero attached hydrogens (tertiary/aromatic N) is 4. The number of carbonyl (C=O) groups is 2. The normalized spacial score (nSPS) is 23.2. The Labute approximate surface area is 276 Å². The smallest absolute Gasteiger partial charge is 0.416 e. The molecule has 0 unspecified atom stereocenters. The van der Waals surface area contributed by atoms with Gasteiger partial charge < -0.3 is 14.7 Å². The van der Waals surface area contributed by atoms with Gasteiger partial charge in [-0.25, -0.2) is 14.8 Å². The highest BCUT2D eigenvalue weighted by atomic mass is 35.5. The molecule has 48 heavy (non-hydrogen) atoms. The van der Waals surface area contributed by atoms with Crippen molar-refractivity contribution in [3.05, 3.63) is 75.6 Å². The first kappa shape index (κ1) is 33.8. The van der Waals surface area contributed by atoms with Gasteiger partial charge in [0, 0.05) is 35.4 Å². The molecule has 1 aliphatic carbocycles. The highest BCUT2D eigenvalue weighted by Gasteiger charge is 2.44. The first-order valence-corrected chi connectivity index (χ1v) is 15.9. The summed E-state index contributed by atoms with van der Waals surface area (Å²) in [4.78, 5) is 37.1. The van der Waals surface area contributed by atoms with Gasteiger partial charge in [0.1, 0.15) is 6.10 Å². The Bertz CT molecular complexity index is 1690. The predicted octanol–water partition coefficient (Wildman–Crippen LogP) is 8.49. The summed E-state index contributed by atoms with van der Waals surface area (Å²) in [5.74, 6) is -0.683. The number of aliphatic carboxylic acids is 1. The van der Waals surface area contributed by atoms with Crippen molar-refractivity contribution in [3.8, 4) is 11.1 Å². The van der Waals surface area contributed by atoms with Crippen molar-refractivity contribution in [2.75, 3.05) is 18.0 Å². The van der Waals surface area contributed by atoms with Crippen LogP contribution in [0.25, 0.3) is 11.1 Å². The molecule has 1 saturated carbocycles. The Balaban J connectivity index is 1.33. The number of cyclic esters (lactones) is 1. The van der Waals surface area contributed by atoms with Crippen molar-refractivity contribution in [2.24, 2.45) is 5.92 Å². The van der Waals surface area contributed by atoms with Crippen LogP contribution in [-0.4, -0.2) is 51.2 Å². The van der Waals surface area contributed by atoms with Crippen LogP contribution in [0, 0.1) is 5.92 Å². The van der Waals surface area contributed by atoms with Gasteiger partial charge >= 0.3 is 24.4 Å². The van der Waals surface area contributed by atoms with E-state index >= 15 is 0 Å². The van der Waals surface area contributed by atoms with Gasteiger partial charge in [-0.3, -0.25) is 9.69 Å². The van der Waals surface area contributed by atoms with Gasteiger partial charge in [-0.1, -0.05) is 17.7 Å². The van der Waals surface area contributed by atoms with E-state index in [1.165, 1.54) is 11.8 Å². The van der Waals surface area contributed by atoms with Gasteiger partial charge in [-0.2, -0.15) is 26.3 Å². The summed E-state index contributed by atoms with van der Waals surface area (Å²) in [7, 11) is 0. The van der Waals surface area contributed by atoms with Crippen LogP contribution in [-0.2, 0) is 28.4 Å². The number of hydrogen-bond acceptors (Lipinski definition) is 6. The topological polar surface area (TPSA) is 95.9 Å². The van der Waals surface area contributed by atoms with E-state index in [0.717, 1.165) is 25.1 Å². The molecule has 3 aromatic rings. The molecule has 6 rings (SSSR count). The third-order valence-corrected chi connectivity index (χ3v) is 9.80. The molecular weight excluding hydrogens is 666 g/mol. The second-order valence-electron chi connectivity index (χ2n) is 12.5. The minimum Gasteiger partial charge on any atom is -0.481 e. The number of carboxylic acid groups (broad SMARTS) is 1. The lowest BCUT2D eigenvalue weighted by atomic mass is 9.78. The average molecular weight is 697 g/mol. The first-order valence-electron chi connectivity index (χ1n) is 15.5. The molecule has 3 fully saturated rings. The van der Waals surface area contributed by atoms with Gasteiger partial charge in [0.05, 0.1) is 35.3 Å². The molecule has 1 amide bonds. The number of amides is 1. The molecular formula is C33H31ClF6N4O4. The Morgan fingerprint density at radius 2 is 1.60 bits per heavy atom. The maximum atomic E-state index is 13.6. The molecule has 0 radical (unpaired) electrons. The fourth-order valence-electron chi connectivity index (χ4n) is 6.56. The third kappa shape index (κ3) is 6.76. The van der Waals surface area contributed by atoms with Crippen molar-refractivity contribution in [3.63, 3.8) is 0 Å². The van der Waals surface area contributed by atoms with Crippen LogP contribution in [0.5, 0.6) is 0 Å². The van der Waals surface area contributed by atoms with Crippen LogP contribution in [0.2, 0.25) is 5.02 Å². The number of ether oxygens (including phenoxy) is 1. The molecule has 2 aliphatic heterocycles. The van der Waals surface area contributed by atoms with Crippen LogP contribution in [0.4, 0.5) is 37.1 Å². The molecule has 0 bridgehead atoms. The second kappa shape index (κ2) is 12.8. The Hall–Kier alpha value is -4.07. The minimum atomic E-state index is -5.06. The molecule has 256 valence electrons. The molecule has 2 aromatic carbocycles.